The van der Waals surface area contributed by atoms with Crippen LogP contribution in [0.3, 0.4) is 0 Å². The normalized spacial score (nSPS) is 15.5. The molecule has 0 aliphatic rings. The van der Waals surface area contributed by atoms with E-state index in [1.807, 2.05) is 45.2 Å². The molecule has 0 aliphatic heterocycles. The number of nitrogens with two attached hydrogens (primary N) is 1. The Bertz CT molecular complexity index is 647. The highest BCUT2D eigenvalue weighted by molar-refractivity contribution is 5.72. The molecule has 6 heteroatoms. The van der Waals surface area contributed by atoms with Crippen LogP contribution in [-0.2, 0) is 16.0 Å². The zero-order valence-corrected chi connectivity index (χ0v) is 15.5. The van der Waals surface area contributed by atoms with Crippen LogP contribution in [0.5, 0.6) is 0 Å². The van der Waals surface area contributed by atoms with E-state index in [1.54, 1.807) is 14.0 Å². The first-order valence-electron chi connectivity index (χ1n) is 8.04. The fourth-order valence-corrected chi connectivity index (χ4v) is 2.36. The van der Waals surface area contributed by atoms with Crippen molar-refractivity contribution < 1.29 is 14.6 Å². The van der Waals surface area contributed by atoms with Crippen LogP contribution in [-0.4, -0.2) is 42.3 Å². The molecule has 0 saturated carbocycles. The molecule has 1 rings (SSSR count). The molecular weight excluding hydrogens is 306 g/mol. The van der Waals surface area contributed by atoms with E-state index < -0.39 is 12.0 Å². The van der Waals surface area contributed by atoms with Gasteiger partial charge in [-0.05, 0) is 58.9 Å². The van der Waals surface area contributed by atoms with Crippen molar-refractivity contribution in [3.8, 4) is 0 Å². The third-order valence-electron chi connectivity index (χ3n) is 3.56. The van der Waals surface area contributed by atoms with E-state index in [4.69, 9.17) is 9.84 Å². The monoisotopic (exact) mass is 337 g/mol. The number of carbonyl (C=O) groups is 1. The van der Waals surface area contributed by atoms with Gasteiger partial charge in [0.1, 0.15) is 11.8 Å². The van der Waals surface area contributed by atoms with Gasteiger partial charge < -0.3 is 25.9 Å². The number of allylic oxidation sites excluding steroid dienone is 2. The second-order valence-corrected chi connectivity index (χ2v) is 5.30. The van der Waals surface area contributed by atoms with Crippen LogP contribution in [0.15, 0.2) is 18.0 Å². The molecule has 1 heterocycles. The molecule has 0 radical (unpaired) electrons. The van der Waals surface area contributed by atoms with E-state index in [1.165, 1.54) is 7.05 Å². The van der Waals surface area contributed by atoms with Crippen molar-refractivity contribution in [2.24, 2.45) is 5.73 Å². The Kier molecular flexibility index (Phi) is 10.5. The smallest absolute Gasteiger partial charge is 0.320 e. The second-order valence-electron chi connectivity index (χ2n) is 5.30. The predicted molar refractivity (Wildman–Crippen MR) is 98.9 cm³/mol. The Morgan fingerprint density at radius 1 is 1.42 bits per heavy atom. The number of ether oxygens (including phenoxy) is 1. The summed E-state index contributed by atoms with van der Waals surface area (Å²) in [7, 11) is 3.15. The second kappa shape index (κ2) is 11.5. The lowest BCUT2D eigenvalue weighted by molar-refractivity contribution is -0.139. The molecule has 24 heavy (non-hydrogen) atoms. The van der Waals surface area contributed by atoms with Crippen LogP contribution < -0.4 is 21.6 Å². The standard InChI is InChI=1S/C17H26N2O3.CH5N/c1-6-14(22-5)9-15-13(10-18-16(15)7-2)8-11(3)19-12(4)17(20)21;1-2/h6-7,9-12,18-19H,8H2,1-5H3,(H,20,21);2H2,1H3/b14-6+,15-9-,16-7+;. The molecule has 5 N–H and O–H groups in total. The molecule has 0 amide bonds. The maximum absolute atomic E-state index is 10.9. The first-order valence-corrected chi connectivity index (χ1v) is 8.04. The van der Waals surface area contributed by atoms with Crippen LogP contribution in [0.25, 0.3) is 12.2 Å². The third-order valence-corrected chi connectivity index (χ3v) is 3.56. The average Bonchev–Trinajstić information content (AvgIpc) is 2.95. The maximum Gasteiger partial charge on any atom is 0.320 e. The van der Waals surface area contributed by atoms with Crippen molar-refractivity contribution in [1.29, 1.82) is 0 Å². The van der Waals surface area contributed by atoms with E-state index in [-0.39, 0.29) is 6.04 Å². The zero-order valence-electron chi connectivity index (χ0n) is 15.5. The summed E-state index contributed by atoms with van der Waals surface area (Å²) in [5, 5.41) is 14.2. The van der Waals surface area contributed by atoms with Gasteiger partial charge in [-0.3, -0.25) is 4.79 Å². The van der Waals surface area contributed by atoms with Crippen molar-refractivity contribution in [1.82, 2.24) is 10.3 Å². The average molecular weight is 337 g/mol. The highest BCUT2D eigenvalue weighted by Gasteiger charge is 2.14. The molecular formula is C18H31N3O3. The summed E-state index contributed by atoms with van der Waals surface area (Å²) >= 11 is 0. The zero-order chi connectivity index (χ0) is 18.7. The SMILES string of the molecule is CN.C\C=C(/C=c1/c(CC(C)NC(C)C(=O)O)c[nH]/c1=C/C)OC. The van der Waals surface area contributed by atoms with Gasteiger partial charge in [0, 0.05) is 22.8 Å². The third kappa shape index (κ3) is 6.60. The number of aliphatic carboxylic acids is 1. The number of aromatic amines is 1. The summed E-state index contributed by atoms with van der Waals surface area (Å²) in [4.78, 5) is 14.2. The topological polar surface area (TPSA) is 100 Å². The van der Waals surface area contributed by atoms with Gasteiger partial charge in [-0.15, -0.1) is 0 Å². The van der Waals surface area contributed by atoms with E-state index in [2.05, 4.69) is 16.0 Å². The van der Waals surface area contributed by atoms with E-state index >= 15 is 0 Å². The molecule has 6 nitrogen and oxygen atoms in total. The molecule has 2 unspecified atom stereocenters. The lowest BCUT2D eigenvalue weighted by Crippen LogP contribution is -2.41. The Hall–Kier alpha value is -2.05. The predicted octanol–water partition coefficient (Wildman–Crippen LogP) is 0.714. The van der Waals surface area contributed by atoms with Crippen LogP contribution in [0.1, 0.15) is 33.3 Å². The molecule has 136 valence electrons. The summed E-state index contributed by atoms with van der Waals surface area (Å²) in [5.74, 6) is -0.0469. The van der Waals surface area contributed by atoms with Gasteiger partial charge in [-0.2, -0.15) is 0 Å². The van der Waals surface area contributed by atoms with Crippen LogP contribution >= 0.6 is 0 Å². The number of H-pyrrole nitrogens is 1. The molecule has 1 aromatic rings. The number of methoxy groups -OCH3 is 1. The van der Waals surface area contributed by atoms with E-state index in [0.717, 1.165) is 28.3 Å². The number of aromatic nitrogens is 1. The molecule has 0 aromatic carbocycles. The minimum atomic E-state index is -0.842. The van der Waals surface area contributed by atoms with Gasteiger partial charge in [0.05, 0.1) is 7.11 Å². The molecule has 0 spiro atoms. The highest BCUT2D eigenvalue weighted by Crippen LogP contribution is 2.00. The number of nitrogens with one attached hydrogen (secondary N) is 2. The minimum Gasteiger partial charge on any atom is -0.497 e. The molecule has 2 atom stereocenters. The Labute approximate surface area is 144 Å². The molecule has 0 bridgehead atoms. The summed E-state index contributed by atoms with van der Waals surface area (Å²) < 4.78 is 5.31. The van der Waals surface area contributed by atoms with Gasteiger partial charge >= 0.3 is 5.97 Å². The van der Waals surface area contributed by atoms with E-state index in [0.29, 0.717) is 0 Å². The quantitative estimate of drug-likeness (QED) is 0.549. The Morgan fingerprint density at radius 2 is 2.04 bits per heavy atom. The van der Waals surface area contributed by atoms with Gasteiger partial charge in [0.2, 0.25) is 0 Å². The summed E-state index contributed by atoms with van der Waals surface area (Å²) in [6, 6.07) is -0.515. The highest BCUT2D eigenvalue weighted by atomic mass is 16.5. The van der Waals surface area contributed by atoms with Crippen molar-refractivity contribution in [2.45, 2.75) is 46.2 Å². The van der Waals surface area contributed by atoms with Crippen LogP contribution in [0.2, 0.25) is 0 Å². The number of carboxylic acids is 1. The molecule has 0 aliphatic carbocycles. The van der Waals surface area contributed by atoms with Crippen molar-refractivity contribution in [3.63, 3.8) is 0 Å². The number of hydrogen-bond donors (Lipinski definition) is 4. The van der Waals surface area contributed by atoms with Gasteiger partial charge in [-0.1, -0.05) is 6.08 Å². The van der Waals surface area contributed by atoms with E-state index in [9.17, 15) is 4.79 Å². The lowest BCUT2D eigenvalue weighted by atomic mass is 10.1. The minimum absolute atomic E-state index is 0.0513. The van der Waals surface area contributed by atoms with Crippen molar-refractivity contribution in [2.75, 3.05) is 14.2 Å². The van der Waals surface area contributed by atoms with Crippen LogP contribution in [0.4, 0.5) is 0 Å². The summed E-state index contributed by atoms with van der Waals surface area (Å²) in [6.45, 7) is 7.54. The fraction of sp³-hybridized carbons (Fsp3) is 0.500. The largest absolute Gasteiger partial charge is 0.497 e. The van der Waals surface area contributed by atoms with Gasteiger partial charge in [0.15, 0.2) is 0 Å². The number of carboxylic acid groups (broad SMARTS) is 1. The molecule has 0 saturated heterocycles. The van der Waals surface area contributed by atoms with Crippen molar-refractivity contribution >= 4 is 18.1 Å². The first kappa shape index (κ1) is 21.9. The van der Waals surface area contributed by atoms with Gasteiger partial charge in [0.25, 0.3) is 0 Å². The summed E-state index contributed by atoms with van der Waals surface area (Å²) in [6.07, 6.45) is 8.61. The number of rotatable bonds is 7. The first-order chi connectivity index (χ1) is 11.4. The lowest BCUT2D eigenvalue weighted by Gasteiger charge is -2.16. The van der Waals surface area contributed by atoms with Crippen LogP contribution in [0, 0.1) is 0 Å². The Morgan fingerprint density at radius 3 is 2.50 bits per heavy atom. The maximum atomic E-state index is 10.9. The fourth-order valence-electron chi connectivity index (χ4n) is 2.36. The molecule has 1 aromatic heterocycles. The summed E-state index contributed by atoms with van der Waals surface area (Å²) in [5.41, 5.74) is 5.63. The van der Waals surface area contributed by atoms with Crippen molar-refractivity contribution in [3.05, 3.63) is 34.2 Å². The van der Waals surface area contributed by atoms with Gasteiger partial charge in [-0.25, -0.2) is 0 Å². The number of hydrogen-bond acceptors (Lipinski definition) is 4. The Balaban J connectivity index is 0.00000254. The molecule has 0 fully saturated rings.